The molecule has 4 heteroatoms. The monoisotopic (exact) mass is 230 g/mol. The maximum absolute atomic E-state index is 5.76. The first-order valence-electron chi connectivity index (χ1n) is 5.86. The van der Waals surface area contributed by atoms with Crippen molar-refractivity contribution in [2.45, 2.75) is 26.8 Å². The number of hydrogen-bond donors (Lipinski definition) is 1. The molecule has 0 aliphatic rings. The predicted molar refractivity (Wildman–Crippen MR) is 68.5 cm³/mol. The molecule has 17 heavy (non-hydrogen) atoms. The van der Waals surface area contributed by atoms with Gasteiger partial charge in [-0.05, 0) is 23.6 Å². The molecule has 0 bridgehead atoms. The summed E-state index contributed by atoms with van der Waals surface area (Å²) in [6, 6.07) is 7.90. The Hall–Kier alpha value is -1.84. The van der Waals surface area contributed by atoms with Gasteiger partial charge in [0.15, 0.2) is 0 Å². The van der Waals surface area contributed by atoms with E-state index < -0.39 is 0 Å². The van der Waals surface area contributed by atoms with E-state index >= 15 is 0 Å². The summed E-state index contributed by atoms with van der Waals surface area (Å²) in [5.41, 5.74) is 7.72. The summed E-state index contributed by atoms with van der Waals surface area (Å²) in [5.74, 6) is 1.58. The summed E-state index contributed by atoms with van der Waals surface area (Å²) in [4.78, 5) is 0. The summed E-state index contributed by atoms with van der Waals surface area (Å²) in [5, 5.41) is 8.14. The lowest BCUT2D eigenvalue weighted by atomic mass is 10.1. The number of hydrogen-bond acceptors (Lipinski definition) is 3. The number of anilines is 1. The van der Waals surface area contributed by atoms with E-state index in [9.17, 15) is 0 Å². The fourth-order valence-electron chi connectivity index (χ4n) is 1.85. The molecule has 0 fully saturated rings. The first-order valence-corrected chi connectivity index (χ1v) is 5.86. The molecule has 2 N–H and O–H groups in total. The van der Waals surface area contributed by atoms with Gasteiger partial charge in [0, 0.05) is 18.7 Å². The van der Waals surface area contributed by atoms with Crippen molar-refractivity contribution in [3.63, 3.8) is 0 Å². The van der Waals surface area contributed by atoms with Crippen LogP contribution in [0, 0.1) is 5.92 Å². The second kappa shape index (κ2) is 4.99. The minimum atomic E-state index is 0.589. The number of benzene rings is 1. The van der Waals surface area contributed by atoms with Gasteiger partial charge in [-0.15, -0.1) is 10.2 Å². The van der Waals surface area contributed by atoms with Gasteiger partial charge in [0.2, 0.25) is 0 Å². The van der Waals surface area contributed by atoms with E-state index in [1.807, 2.05) is 18.2 Å². The molecular weight excluding hydrogens is 212 g/mol. The zero-order valence-electron chi connectivity index (χ0n) is 10.3. The molecule has 90 valence electrons. The molecule has 0 unspecified atom stereocenters. The van der Waals surface area contributed by atoms with Gasteiger partial charge in [-0.3, -0.25) is 0 Å². The summed E-state index contributed by atoms with van der Waals surface area (Å²) in [6.45, 7) is 5.32. The van der Waals surface area contributed by atoms with Gasteiger partial charge in [-0.1, -0.05) is 26.0 Å². The molecule has 0 amide bonds. The quantitative estimate of drug-likeness (QED) is 0.818. The third-order valence-electron chi connectivity index (χ3n) is 2.57. The topological polar surface area (TPSA) is 56.7 Å². The standard InChI is InChI=1S/C13H18N4/c1-10(2)8-17-9-15-16-13(17)7-11-4-3-5-12(14)6-11/h3-6,9-10H,7-8,14H2,1-2H3. The smallest absolute Gasteiger partial charge is 0.137 e. The lowest BCUT2D eigenvalue weighted by Gasteiger charge is -2.09. The van der Waals surface area contributed by atoms with E-state index in [-0.39, 0.29) is 0 Å². The Balaban J connectivity index is 2.16. The molecule has 0 atom stereocenters. The molecule has 2 rings (SSSR count). The van der Waals surface area contributed by atoms with Gasteiger partial charge in [0.05, 0.1) is 0 Å². The SMILES string of the molecule is CC(C)Cn1cnnc1Cc1cccc(N)c1. The van der Waals surface area contributed by atoms with Crippen molar-refractivity contribution in [3.05, 3.63) is 42.0 Å². The average molecular weight is 230 g/mol. The Morgan fingerprint density at radius 1 is 1.35 bits per heavy atom. The highest BCUT2D eigenvalue weighted by Gasteiger charge is 2.06. The summed E-state index contributed by atoms with van der Waals surface area (Å²) >= 11 is 0. The highest BCUT2D eigenvalue weighted by Crippen LogP contribution is 2.12. The summed E-state index contributed by atoms with van der Waals surface area (Å²) in [7, 11) is 0. The van der Waals surface area contributed by atoms with E-state index in [2.05, 4.69) is 34.7 Å². The first-order chi connectivity index (χ1) is 8.15. The lowest BCUT2D eigenvalue weighted by Crippen LogP contribution is -2.08. The van der Waals surface area contributed by atoms with Crippen molar-refractivity contribution in [2.75, 3.05) is 5.73 Å². The number of nitrogens with two attached hydrogens (primary N) is 1. The van der Waals surface area contributed by atoms with Crippen LogP contribution in [0.5, 0.6) is 0 Å². The largest absolute Gasteiger partial charge is 0.399 e. The summed E-state index contributed by atoms with van der Waals surface area (Å²) in [6.07, 6.45) is 2.57. The molecule has 1 aromatic heterocycles. The van der Waals surface area contributed by atoms with Crippen molar-refractivity contribution >= 4 is 5.69 Å². The van der Waals surface area contributed by atoms with Crippen LogP contribution in [-0.4, -0.2) is 14.8 Å². The molecule has 0 radical (unpaired) electrons. The maximum Gasteiger partial charge on any atom is 0.137 e. The normalized spacial score (nSPS) is 11.0. The fourth-order valence-corrected chi connectivity index (χ4v) is 1.85. The second-order valence-electron chi connectivity index (χ2n) is 4.72. The van der Waals surface area contributed by atoms with Crippen LogP contribution in [0.25, 0.3) is 0 Å². The van der Waals surface area contributed by atoms with Crippen LogP contribution in [0.4, 0.5) is 5.69 Å². The van der Waals surface area contributed by atoms with Crippen LogP contribution in [0.2, 0.25) is 0 Å². The van der Waals surface area contributed by atoms with Crippen LogP contribution in [0.3, 0.4) is 0 Å². The van der Waals surface area contributed by atoms with Crippen LogP contribution in [-0.2, 0) is 13.0 Å². The number of nitrogens with zero attached hydrogens (tertiary/aromatic N) is 3. The van der Waals surface area contributed by atoms with Crippen LogP contribution in [0.1, 0.15) is 25.2 Å². The van der Waals surface area contributed by atoms with Gasteiger partial charge in [-0.2, -0.15) is 0 Å². The van der Waals surface area contributed by atoms with E-state index in [0.29, 0.717) is 5.92 Å². The highest BCUT2D eigenvalue weighted by molar-refractivity contribution is 5.41. The molecule has 1 aromatic carbocycles. The van der Waals surface area contributed by atoms with Crippen molar-refractivity contribution in [3.8, 4) is 0 Å². The molecular formula is C13H18N4. The Morgan fingerprint density at radius 3 is 2.88 bits per heavy atom. The Bertz CT molecular complexity index is 488. The number of nitrogen functional groups attached to an aromatic ring is 1. The maximum atomic E-state index is 5.76. The number of rotatable bonds is 4. The van der Waals surface area contributed by atoms with Crippen molar-refractivity contribution in [1.29, 1.82) is 0 Å². The molecule has 0 aliphatic carbocycles. The predicted octanol–water partition coefficient (Wildman–Crippen LogP) is 2.11. The van der Waals surface area contributed by atoms with Crippen molar-refractivity contribution in [2.24, 2.45) is 5.92 Å². The Labute approximate surface area is 101 Å². The van der Waals surface area contributed by atoms with E-state index in [1.165, 1.54) is 5.56 Å². The van der Waals surface area contributed by atoms with Crippen molar-refractivity contribution < 1.29 is 0 Å². The van der Waals surface area contributed by atoms with Crippen LogP contribution in [0.15, 0.2) is 30.6 Å². The van der Waals surface area contributed by atoms with Gasteiger partial charge in [-0.25, -0.2) is 0 Å². The average Bonchev–Trinajstić information content (AvgIpc) is 2.65. The fraction of sp³-hybridized carbons (Fsp3) is 0.385. The summed E-state index contributed by atoms with van der Waals surface area (Å²) < 4.78 is 2.11. The minimum Gasteiger partial charge on any atom is -0.399 e. The first kappa shape index (κ1) is 11.6. The zero-order chi connectivity index (χ0) is 12.3. The molecule has 0 aliphatic heterocycles. The molecule has 0 saturated carbocycles. The third-order valence-corrected chi connectivity index (χ3v) is 2.57. The van der Waals surface area contributed by atoms with Gasteiger partial charge in [0.1, 0.15) is 12.2 Å². The van der Waals surface area contributed by atoms with Crippen molar-refractivity contribution in [1.82, 2.24) is 14.8 Å². The van der Waals surface area contributed by atoms with Crippen LogP contribution >= 0.6 is 0 Å². The molecule has 1 heterocycles. The molecule has 2 aromatic rings. The minimum absolute atomic E-state index is 0.589. The lowest BCUT2D eigenvalue weighted by molar-refractivity contribution is 0.509. The van der Waals surface area contributed by atoms with Crippen LogP contribution < -0.4 is 5.73 Å². The van der Waals surface area contributed by atoms with Gasteiger partial charge < -0.3 is 10.3 Å². The number of aromatic nitrogens is 3. The third kappa shape index (κ3) is 3.06. The van der Waals surface area contributed by atoms with E-state index in [0.717, 1.165) is 24.5 Å². The molecule has 0 spiro atoms. The zero-order valence-corrected chi connectivity index (χ0v) is 10.3. The highest BCUT2D eigenvalue weighted by atomic mass is 15.3. The van der Waals surface area contributed by atoms with E-state index in [1.54, 1.807) is 6.33 Å². The van der Waals surface area contributed by atoms with Gasteiger partial charge in [0.25, 0.3) is 0 Å². The Kier molecular flexibility index (Phi) is 3.42. The molecule has 4 nitrogen and oxygen atoms in total. The van der Waals surface area contributed by atoms with Gasteiger partial charge >= 0.3 is 0 Å². The van der Waals surface area contributed by atoms with E-state index in [4.69, 9.17) is 5.73 Å². The Morgan fingerprint density at radius 2 is 2.18 bits per heavy atom. The second-order valence-corrected chi connectivity index (χ2v) is 4.72. The molecule has 0 saturated heterocycles.